The Morgan fingerprint density at radius 3 is 1.67 bits per heavy atom. The Labute approximate surface area is 266 Å². The molecular weight excluding hydrogens is 588 g/mol. The van der Waals surface area contributed by atoms with Gasteiger partial charge in [0.1, 0.15) is 6.10 Å². The van der Waals surface area contributed by atoms with Crippen molar-refractivity contribution in [3.8, 4) is 0 Å². The molecule has 45 heavy (non-hydrogen) atoms. The fourth-order valence-corrected chi connectivity index (χ4v) is 7.27. The summed E-state index contributed by atoms with van der Waals surface area (Å²) in [6, 6.07) is 0. The van der Waals surface area contributed by atoms with Gasteiger partial charge < -0.3 is 34.6 Å². The molecule has 6 unspecified atom stereocenters. The Bertz CT molecular complexity index is 955. The molecule has 0 radical (unpaired) electrons. The third kappa shape index (κ3) is 11.1. The zero-order valence-corrected chi connectivity index (χ0v) is 26.8. The third-order valence-corrected chi connectivity index (χ3v) is 10.1. The van der Waals surface area contributed by atoms with Gasteiger partial charge in [-0.15, -0.1) is 0 Å². The Balaban J connectivity index is 1.07. The van der Waals surface area contributed by atoms with Gasteiger partial charge >= 0.3 is 17.9 Å². The van der Waals surface area contributed by atoms with Gasteiger partial charge in [-0.3, -0.25) is 14.4 Å². The lowest BCUT2D eigenvalue weighted by Crippen LogP contribution is -2.40. The number of carbonyl (C=O) groups is 3. The van der Waals surface area contributed by atoms with Crippen LogP contribution in [0.3, 0.4) is 0 Å². The van der Waals surface area contributed by atoms with Crippen molar-refractivity contribution < 1.29 is 58.8 Å². The van der Waals surface area contributed by atoms with Gasteiger partial charge in [0.05, 0.1) is 68.1 Å². The van der Waals surface area contributed by atoms with E-state index in [1.807, 2.05) is 0 Å². The molecule has 0 amide bonds. The molecule has 12 heteroatoms. The van der Waals surface area contributed by atoms with Gasteiger partial charge in [-0.25, -0.2) is 9.78 Å². The van der Waals surface area contributed by atoms with Crippen LogP contribution in [-0.2, 0) is 38.4 Å². The molecule has 0 aromatic heterocycles. The molecule has 4 rings (SSSR count). The molecule has 4 saturated carbocycles. The van der Waals surface area contributed by atoms with Crippen LogP contribution in [0, 0.1) is 29.1 Å². The molecule has 12 nitrogen and oxygen atoms in total. The Morgan fingerprint density at radius 1 is 0.622 bits per heavy atom. The minimum atomic E-state index is -1.01. The largest absolute Gasteiger partial charge is 0.481 e. The van der Waals surface area contributed by atoms with Gasteiger partial charge in [0, 0.05) is 11.3 Å². The molecule has 4 aliphatic rings. The maximum atomic E-state index is 12.8. The molecule has 0 heterocycles. The van der Waals surface area contributed by atoms with Crippen molar-refractivity contribution in [3.63, 3.8) is 0 Å². The predicted octanol–water partition coefficient (Wildman–Crippen LogP) is 3.88. The number of ether oxygens (including phenoxy) is 3. The number of esters is 1. The van der Waals surface area contributed by atoms with E-state index in [0.29, 0.717) is 51.7 Å². The molecule has 6 atom stereocenters. The van der Waals surface area contributed by atoms with E-state index >= 15 is 0 Å². The molecule has 4 fully saturated rings. The first kappa shape index (κ1) is 36.0. The fourth-order valence-electron chi connectivity index (χ4n) is 7.27. The number of aliphatic carboxylic acids is 2. The second-order valence-corrected chi connectivity index (χ2v) is 14.6. The lowest BCUT2D eigenvalue weighted by Gasteiger charge is -2.35. The normalized spacial score (nSPS) is 36.3. The number of aliphatic hydroxyl groups excluding tert-OH is 2. The first-order chi connectivity index (χ1) is 21.4. The van der Waals surface area contributed by atoms with Crippen LogP contribution in [0.15, 0.2) is 0 Å². The lowest BCUT2D eigenvalue weighted by molar-refractivity contribution is -0.338. The standard InChI is InChI=1S/C33H54O12/c1-33(2,18-41-23-5-9-25(10-6-23)44-32(40)29-16-22(35)4-14-28(29)31(38)39)19-42-24-7-11-26(12-8-24)45-43-17-20-15-21(34)3-13-27(20)30(36)37/h20-29,34-35H,3-19H2,1-2H3,(H,36,37)(H,38,39). The van der Waals surface area contributed by atoms with E-state index in [1.165, 1.54) is 0 Å². The van der Waals surface area contributed by atoms with E-state index in [-0.39, 0.29) is 55.2 Å². The number of carboxylic acids is 2. The first-order valence-corrected chi connectivity index (χ1v) is 16.9. The van der Waals surface area contributed by atoms with Crippen LogP contribution in [-0.4, -0.2) is 94.8 Å². The number of rotatable bonds is 14. The van der Waals surface area contributed by atoms with Crippen molar-refractivity contribution in [2.75, 3.05) is 19.8 Å². The van der Waals surface area contributed by atoms with E-state index in [9.17, 15) is 34.8 Å². The molecule has 0 aliphatic heterocycles. The van der Waals surface area contributed by atoms with Crippen LogP contribution in [0.4, 0.5) is 0 Å². The van der Waals surface area contributed by atoms with Crippen LogP contribution < -0.4 is 0 Å². The topological polar surface area (TPSA) is 178 Å². The summed E-state index contributed by atoms with van der Waals surface area (Å²) < 4.78 is 18.2. The molecule has 0 bridgehead atoms. The Kier molecular flexibility index (Phi) is 13.5. The van der Waals surface area contributed by atoms with Gasteiger partial charge in [0.2, 0.25) is 0 Å². The summed E-state index contributed by atoms with van der Waals surface area (Å²) in [7, 11) is 0. The van der Waals surface area contributed by atoms with Crippen molar-refractivity contribution in [2.45, 2.75) is 140 Å². The molecule has 0 spiro atoms. The van der Waals surface area contributed by atoms with Crippen LogP contribution in [0.1, 0.15) is 104 Å². The summed E-state index contributed by atoms with van der Waals surface area (Å²) in [5, 5.41) is 38.8. The van der Waals surface area contributed by atoms with Crippen molar-refractivity contribution in [1.82, 2.24) is 0 Å². The SMILES string of the molecule is CC(C)(COC1CCC(OOCC2CC(O)CCC2C(=O)O)CC1)COC1CCC(OC(=O)C2CC(O)CCC2C(=O)O)CC1. The van der Waals surface area contributed by atoms with Gasteiger partial charge in [0.25, 0.3) is 0 Å². The third-order valence-electron chi connectivity index (χ3n) is 10.1. The van der Waals surface area contributed by atoms with Gasteiger partial charge in [0.15, 0.2) is 0 Å². The van der Waals surface area contributed by atoms with Crippen molar-refractivity contribution in [2.24, 2.45) is 29.1 Å². The summed E-state index contributed by atoms with van der Waals surface area (Å²) in [5.74, 6) is -4.72. The highest BCUT2D eigenvalue weighted by atomic mass is 17.2. The summed E-state index contributed by atoms with van der Waals surface area (Å²) in [6.45, 7) is 5.51. The molecule has 0 aromatic carbocycles. The Hall–Kier alpha value is -1.83. The van der Waals surface area contributed by atoms with Crippen molar-refractivity contribution in [1.29, 1.82) is 0 Å². The number of hydrogen-bond donors (Lipinski definition) is 4. The van der Waals surface area contributed by atoms with Gasteiger partial charge in [-0.05, 0) is 89.9 Å². The minimum absolute atomic E-state index is 0.0553. The number of hydrogen-bond acceptors (Lipinski definition) is 10. The average Bonchev–Trinajstić information content (AvgIpc) is 3.00. The van der Waals surface area contributed by atoms with E-state index in [2.05, 4.69) is 13.8 Å². The van der Waals surface area contributed by atoms with Crippen molar-refractivity contribution in [3.05, 3.63) is 0 Å². The quantitative estimate of drug-likeness (QED) is 0.122. The summed E-state index contributed by atoms with van der Waals surface area (Å²) >= 11 is 0. The highest BCUT2D eigenvalue weighted by Crippen LogP contribution is 2.35. The summed E-state index contributed by atoms with van der Waals surface area (Å²) in [5.41, 5.74) is -0.182. The van der Waals surface area contributed by atoms with Crippen LogP contribution >= 0.6 is 0 Å². The second-order valence-electron chi connectivity index (χ2n) is 14.6. The number of aliphatic hydroxyl groups is 2. The predicted molar refractivity (Wildman–Crippen MR) is 160 cm³/mol. The minimum Gasteiger partial charge on any atom is -0.481 e. The smallest absolute Gasteiger partial charge is 0.310 e. The highest BCUT2D eigenvalue weighted by molar-refractivity contribution is 5.81. The van der Waals surface area contributed by atoms with E-state index in [1.54, 1.807) is 0 Å². The van der Waals surface area contributed by atoms with Crippen LogP contribution in [0.5, 0.6) is 0 Å². The second kappa shape index (κ2) is 16.8. The molecule has 0 saturated heterocycles. The lowest BCUT2D eigenvalue weighted by atomic mass is 9.78. The number of carboxylic acid groups (broad SMARTS) is 2. The zero-order chi connectivity index (χ0) is 32.6. The molecular formula is C33H54O12. The zero-order valence-electron chi connectivity index (χ0n) is 26.8. The monoisotopic (exact) mass is 642 g/mol. The maximum absolute atomic E-state index is 12.8. The van der Waals surface area contributed by atoms with E-state index < -0.39 is 47.9 Å². The molecule has 0 aromatic rings. The van der Waals surface area contributed by atoms with E-state index in [0.717, 1.165) is 38.5 Å². The average molecular weight is 643 g/mol. The highest BCUT2D eigenvalue weighted by Gasteiger charge is 2.41. The van der Waals surface area contributed by atoms with Gasteiger partial charge in [-0.1, -0.05) is 13.8 Å². The first-order valence-electron chi connectivity index (χ1n) is 16.9. The van der Waals surface area contributed by atoms with Gasteiger partial charge in [-0.2, -0.15) is 0 Å². The summed E-state index contributed by atoms with van der Waals surface area (Å²) in [6.07, 6.45) is 7.07. The summed E-state index contributed by atoms with van der Waals surface area (Å²) in [4.78, 5) is 46.9. The Morgan fingerprint density at radius 2 is 1.11 bits per heavy atom. The maximum Gasteiger partial charge on any atom is 0.310 e. The molecule has 4 aliphatic carbocycles. The fraction of sp³-hybridized carbons (Fsp3) is 0.909. The molecule has 4 N–H and O–H groups in total. The van der Waals surface area contributed by atoms with Crippen molar-refractivity contribution >= 4 is 17.9 Å². The van der Waals surface area contributed by atoms with E-state index in [4.69, 9.17) is 24.0 Å². The molecule has 258 valence electrons. The van der Waals surface area contributed by atoms with Crippen LogP contribution in [0.25, 0.3) is 0 Å². The number of carbonyl (C=O) groups excluding carboxylic acids is 1. The van der Waals surface area contributed by atoms with Crippen LogP contribution in [0.2, 0.25) is 0 Å².